The van der Waals surface area contributed by atoms with Gasteiger partial charge >= 0.3 is 0 Å². The van der Waals surface area contributed by atoms with Crippen molar-refractivity contribution < 1.29 is 18.7 Å². The first-order chi connectivity index (χ1) is 12.7. The summed E-state index contributed by atoms with van der Waals surface area (Å²) in [7, 11) is 0. The second-order valence-corrected chi connectivity index (χ2v) is 6.84. The zero-order valence-electron chi connectivity index (χ0n) is 14.6. The van der Waals surface area contributed by atoms with Crippen LogP contribution in [0.3, 0.4) is 0 Å². The van der Waals surface area contributed by atoms with Gasteiger partial charge in [-0.25, -0.2) is 4.39 Å². The van der Waals surface area contributed by atoms with Crippen LogP contribution in [0.5, 0.6) is 11.5 Å². The van der Waals surface area contributed by atoms with E-state index in [-0.39, 0.29) is 17.5 Å². The van der Waals surface area contributed by atoms with Crippen LogP contribution in [0, 0.1) is 5.82 Å². The molecule has 0 spiro atoms. The predicted octanol–water partition coefficient (Wildman–Crippen LogP) is 3.66. The van der Waals surface area contributed by atoms with E-state index in [0.717, 1.165) is 25.1 Å². The van der Waals surface area contributed by atoms with E-state index in [1.807, 2.05) is 12.1 Å². The van der Waals surface area contributed by atoms with Crippen LogP contribution in [-0.2, 0) is 0 Å². The van der Waals surface area contributed by atoms with Gasteiger partial charge in [0.15, 0.2) is 17.3 Å². The van der Waals surface area contributed by atoms with Crippen molar-refractivity contribution in [1.29, 1.82) is 0 Å². The summed E-state index contributed by atoms with van der Waals surface area (Å²) in [5.74, 6) is 1.51. The zero-order chi connectivity index (χ0) is 17.9. The fourth-order valence-corrected chi connectivity index (χ4v) is 3.72. The lowest BCUT2D eigenvalue weighted by atomic mass is 9.98. The van der Waals surface area contributed by atoms with Gasteiger partial charge in [-0.15, -0.1) is 0 Å². The Labute approximate surface area is 152 Å². The Hall–Kier alpha value is -2.40. The van der Waals surface area contributed by atoms with Crippen LogP contribution in [-0.4, -0.2) is 43.5 Å². The second kappa shape index (κ2) is 7.46. The van der Waals surface area contributed by atoms with Gasteiger partial charge in [0.1, 0.15) is 19.0 Å². The summed E-state index contributed by atoms with van der Waals surface area (Å²) in [6.07, 6.45) is 1.38. The maximum Gasteiger partial charge on any atom is 0.164 e. The molecule has 5 heteroatoms. The number of ketones is 1. The number of carbonyl (C=O) groups is 1. The maximum absolute atomic E-state index is 13.9. The van der Waals surface area contributed by atoms with Crippen LogP contribution in [0.1, 0.15) is 34.7 Å². The lowest BCUT2D eigenvalue weighted by Gasteiger charge is -2.19. The molecule has 1 saturated heterocycles. The van der Waals surface area contributed by atoms with Gasteiger partial charge in [-0.2, -0.15) is 0 Å². The van der Waals surface area contributed by atoms with Crippen molar-refractivity contribution in [3.63, 3.8) is 0 Å². The van der Waals surface area contributed by atoms with Gasteiger partial charge in [0.25, 0.3) is 0 Å². The first-order valence-electron chi connectivity index (χ1n) is 9.10. The van der Waals surface area contributed by atoms with Gasteiger partial charge in [-0.05, 0) is 42.8 Å². The topological polar surface area (TPSA) is 38.8 Å². The van der Waals surface area contributed by atoms with Gasteiger partial charge in [-0.1, -0.05) is 18.2 Å². The highest BCUT2D eigenvalue weighted by atomic mass is 19.1. The van der Waals surface area contributed by atoms with E-state index < -0.39 is 0 Å². The quantitative estimate of drug-likeness (QED) is 0.768. The van der Waals surface area contributed by atoms with Crippen LogP contribution in [0.4, 0.5) is 4.39 Å². The summed E-state index contributed by atoms with van der Waals surface area (Å²) < 4.78 is 25.0. The standard InChI is InChI=1S/C21H22FNO3/c22-18-4-2-1-3-17(18)16-7-9-23(14-16)10-8-19(24)15-5-6-20-21(13-15)26-12-11-25-20/h1-6,13,16H,7-12,14H2. The van der Waals surface area contributed by atoms with Crippen LogP contribution in [0.2, 0.25) is 0 Å². The molecular formula is C21H22FNO3. The molecule has 1 fully saturated rings. The number of carbonyl (C=O) groups excluding carboxylic acids is 1. The summed E-state index contributed by atoms with van der Waals surface area (Å²) in [4.78, 5) is 14.8. The third kappa shape index (κ3) is 3.58. The third-order valence-electron chi connectivity index (χ3n) is 5.14. The monoisotopic (exact) mass is 355 g/mol. The highest BCUT2D eigenvalue weighted by Gasteiger charge is 2.26. The van der Waals surface area contributed by atoms with Crippen LogP contribution in [0.25, 0.3) is 0 Å². The molecular weight excluding hydrogens is 333 g/mol. The van der Waals surface area contributed by atoms with Gasteiger partial charge in [0.2, 0.25) is 0 Å². The molecule has 0 aromatic heterocycles. The average molecular weight is 355 g/mol. The number of hydrogen-bond donors (Lipinski definition) is 0. The molecule has 4 rings (SSSR count). The maximum atomic E-state index is 13.9. The van der Waals surface area contributed by atoms with Crippen molar-refractivity contribution in [1.82, 2.24) is 4.90 Å². The minimum Gasteiger partial charge on any atom is -0.486 e. The van der Waals surface area contributed by atoms with Gasteiger partial charge in [0, 0.05) is 31.0 Å². The fraction of sp³-hybridized carbons (Fsp3) is 0.381. The number of likely N-dealkylation sites (tertiary alicyclic amines) is 1. The van der Waals surface area contributed by atoms with Crippen molar-refractivity contribution >= 4 is 5.78 Å². The van der Waals surface area contributed by atoms with E-state index in [0.29, 0.717) is 43.2 Å². The molecule has 1 atom stereocenters. The van der Waals surface area contributed by atoms with Crippen LogP contribution >= 0.6 is 0 Å². The van der Waals surface area contributed by atoms with Crippen LogP contribution < -0.4 is 9.47 Å². The SMILES string of the molecule is O=C(CCN1CCC(c2ccccc2F)C1)c1ccc2c(c1)OCCO2. The Morgan fingerprint density at radius 2 is 1.92 bits per heavy atom. The largest absolute Gasteiger partial charge is 0.486 e. The van der Waals surface area contributed by atoms with Crippen molar-refractivity contribution in [3.05, 3.63) is 59.4 Å². The highest BCUT2D eigenvalue weighted by Crippen LogP contribution is 2.32. The summed E-state index contributed by atoms with van der Waals surface area (Å²) >= 11 is 0. The lowest BCUT2D eigenvalue weighted by molar-refractivity contribution is 0.0967. The molecule has 0 radical (unpaired) electrons. The number of hydrogen-bond acceptors (Lipinski definition) is 4. The molecule has 0 N–H and O–H groups in total. The summed E-state index contributed by atoms with van der Waals surface area (Å²) in [5.41, 5.74) is 1.44. The van der Waals surface area contributed by atoms with Gasteiger partial charge < -0.3 is 14.4 Å². The van der Waals surface area contributed by atoms with E-state index in [1.165, 1.54) is 6.07 Å². The van der Waals surface area contributed by atoms with Crippen molar-refractivity contribution in [3.8, 4) is 11.5 Å². The minimum atomic E-state index is -0.133. The lowest BCUT2D eigenvalue weighted by Crippen LogP contribution is -2.24. The van der Waals surface area contributed by atoms with E-state index in [1.54, 1.807) is 24.3 Å². The molecule has 136 valence electrons. The molecule has 4 nitrogen and oxygen atoms in total. The van der Waals surface area contributed by atoms with E-state index in [2.05, 4.69) is 4.90 Å². The average Bonchev–Trinajstić information content (AvgIpc) is 3.15. The molecule has 2 aromatic carbocycles. The highest BCUT2D eigenvalue weighted by molar-refractivity contribution is 5.96. The predicted molar refractivity (Wildman–Crippen MR) is 96.6 cm³/mol. The molecule has 2 aliphatic rings. The number of rotatable bonds is 5. The molecule has 0 amide bonds. The minimum absolute atomic E-state index is 0.0938. The Balaban J connectivity index is 1.33. The summed E-state index contributed by atoms with van der Waals surface area (Å²) in [5, 5.41) is 0. The van der Waals surface area contributed by atoms with E-state index >= 15 is 0 Å². The van der Waals surface area contributed by atoms with E-state index in [9.17, 15) is 9.18 Å². The number of halogens is 1. The number of ether oxygens (including phenoxy) is 2. The van der Waals surface area contributed by atoms with Crippen molar-refractivity contribution in [2.24, 2.45) is 0 Å². The normalized spacial score (nSPS) is 19.5. The third-order valence-corrected chi connectivity index (χ3v) is 5.14. The van der Waals surface area contributed by atoms with Gasteiger partial charge in [-0.3, -0.25) is 4.79 Å². The molecule has 0 saturated carbocycles. The Kier molecular flexibility index (Phi) is 4.89. The molecule has 0 bridgehead atoms. The second-order valence-electron chi connectivity index (χ2n) is 6.84. The molecule has 1 unspecified atom stereocenters. The van der Waals surface area contributed by atoms with E-state index in [4.69, 9.17) is 9.47 Å². The molecule has 2 heterocycles. The first-order valence-corrected chi connectivity index (χ1v) is 9.10. The Morgan fingerprint density at radius 1 is 1.12 bits per heavy atom. The van der Waals surface area contributed by atoms with Gasteiger partial charge in [0.05, 0.1) is 0 Å². The number of benzene rings is 2. The fourth-order valence-electron chi connectivity index (χ4n) is 3.72. The smallest absolute Gasteiger partial charge is 0.164 e. The Morgan fingerprint density at radius 3 is 2.77 bits per heavy atom. The van der Waals surface area contributed by atoms with Crippen LogP contribution in [0.15, 0.2) is 42.5 Å². The summed E-state index contributed by atoms with van der Waals surface area (Å²) in [6, 6.07) is 12.3. The first kappa shape index (κ1) is 17.0. The molecule has 2 aliphatic heterocycles. The van der Waals surface area contributed by atoms with Crippen molar-refractivity contribution in [2.45, 2.75) is 18.8 Å². The van der Waals surface area contributed by atoms with Crippen molar-refractivity contribution in [2.75, 3.05) is 32.8 Å². The summed E-state index contributed by atoms with van der Waals surface area (Å²) in [6.45, 7) is 3.44. The number of fused-ring (bicyclic) bond motifs is 1. The Bertz CT molecular complexity index is 808. The number of nitrogens with zero attached hydrogens (tertiary/aromatic N) is 1. The zero-order valence-corrected chi connectivity index (χ0v) is 14.6. The molecule has 26 heavy (non-hydrogen) atoms. The number of Topliss-reactive ketones (excluding diaryl/α,β-unsaturated/α-hetero) is 1. The molecule has 2 aromatic rings. The molecule has 0 aliphatic carbocycles.